The molecule has 3 aromatic rings. The molecule has 5 nitrogen and oxygen atoms in total. The van der Waals surface area contributed by atoms with Gasteiger partial charge in [0.05, 0.1) is 28.5 Å². The van der Waals surface area contributed by atoms with Crippen molar-refractivity contribution in [3.05, 3.63) is 58.7 Å². The zero-order valence-corrected chi connectivity index (χ0v) is 13.2. The van der Waals surface area contributed by atoms with E-state index in [0.29, 0.717) is 0 Å². The van der Waals surface area contributed by atoms with Crippen LogP contribution in [-0.2, 0) is 0 Å². The van der Waals surface area contributed by atoms with Crippen molar-refractivity contribution in [3.8, 4) is 11.3 Å². The van der Waals surface area contributed by atoms with Gasteiger partial charge in [-0.15, -0.1) is 0 Å². The predicted octanol–water partition coefficient (Wildman–Crippen LogP) is 3.32. The molecule has 1 aliphatic rings. The second-order valence-corrected chi connectivity index (χ2v) is 6.12. The minimum Gasteiger partial charge on any atom is -0.268 e. The van der Waals surface area contributed by atoms with Crippen LogP contribution in [0.5, 0.6) is 0 Å². The van der Waals surface area contributed by atoms with Crippen molar-refractivity contribution >= 4 is 11.1 Å². The Kier molecular flexibility index (Phi) is 3.15. The van der Waals surface area contributed by atoms with Crippen LogP contribution in [0.4, 0.5) is 0 Å². The van der Waals surface area contributed by atoms with Gasteiger partial charge >= 0.3 is 0 Å². The molecule has 1 aliphatic carbocycles. The van der Waals surface area contributed by atoms with Gasteiger partial charge in [0.1, 0.15) is 0 Å². The van der Waals surface area contributed by atoms with Crippen molar-refractivity contribution in [3.63, 3.8) is 0 Å². The Bertz CT molecular complexity index is 978. The van der Waals surface area contributed by atoms with E-state index in [-0.39, 0.29) is 11.6 Å². The topological polar surface area (TPSA) is 52.2 Å². The SMILES string of the molecule is CC(C)n1nc(-c2c(C3=CCC3)nn3ccccc23)ccc1=O. The van der Waals surface area contributed by atoms with Crippen LogP contribution in [0, 0.1) is 0 Å². The summed E-state index contributed by atoms with van der Waals surface area (Å²) in [5.41, 5.74) is 4.96. The van der Waals surface area contributed by atoms with Crippen LogP contribution in [0.3, 0.4) is 0 Å². The molecule has 3 aromatic heterocycles. The van der Waals surface area contributed by atoms with Crippen LogP contribution in [0.25, 0.3) is 22.3 Å². The number of nitrogens with zero attached hydrogens (tertiary/aromatic N) is 4. The van der Waals surface area contributed by atoms with Crippen LogP contribution in [0.2, 0.25) is 0 Å². The lowest BCUT2D eigenvalue weighted by Gasteiger charge is -2.14. The van der Waals surface area contributed by atoms with Crippen LogP contribution >= 0.6 is 0 Å². The third-order valence-electron chi connectivity index (χ3n) is 4.22. The van der Waals surface area contributed by atoms with Crippen LogP contribution in [0.15, 0.2) is 47.4 Å². The van der Waals surface area contributed by atoms with E-state index in [1.807, 2.05) is 42.8 Å². The molecular weight excluding hydrogens is 288 g/mol. The molecule has 5 heteroatoms. The van der Waals surface area contributed by atoms with Crippen molar-refractivity contribution in [2.45, 2.75) is 32.7 Å². The van der Waals surface area contributed by atoms with Gasteiger partial charge < -0.3 is 0 Å². The highest BCUT2D eigenvalue weighted by Crippen LogP contribution is 2.36. The van der Waals surface area contributed by atoms with Gasteiger partial charge in [-0.05, 0) is 50.5 Å². The molecule has 0 atom stereocenters. The minimum atomic E-state index is -0.0790. The van der Waals surface area contributed by atoms with Gasteiger partial charge in [0.2, 0.25) is 0 Å². The van der Waals surface area contributed by atoms with Gasteiger partial charge in [-0.3, -0.25) is 4.79 Å². The van der Waals surface area contributed by atoms with Crippen molar-refractivity contribution in [2.24, 2.45) is 0 Å². The highest BCUT2D eigenvalue weighted by atomic mass is 16.1. The average Bonchev–Trinajstić information content (AvgIpc) is 2.84. The van der Waals surface area contributed by atoms with E-state index < -0.39 is 0 Å². The maximum Gasteiger partial charge on any atom is 0.267 e. The van der Waals surface area contributed by atoms with Crippen LogP contribution in [-0.4, -0.2) is 19.4 Å². The van der Waals surface area contributed by atoms with E-state index in [9.17, 15) is 4.79 Å². The second-order valence-electron chi connectivity index (χ2n) is 6.12. The molecule has 0 amide bonds. The molecule has 116 valence electrons. The summed E-state index contributed by atoms with van der Waals surface area (Å²) in [6, 6.07) is 9.41. The zero-order valence-electron chi connectivity index (χ0n) is 13.2. The summed E-state index contributed by atoms with van der Waals surface area (Å²) >= 11 is 0. The van der Waals surface area contributed by atoms with E-state index in [4.69, 9.17) is 5.10 Å². The Morgan fingerprint density at radius 2 is 1.96 bits per heavy atom. The molecule has 0 saturated heterocycles. The summed E-state index contributed by atoms with van der Waals surface area (Å²) in [5.74, 6) is 0. The largest absolute Gasteiger partial charge is 0.268 e. The molecule has 0 aliphatic heterocycles. The smallest absolute Gasteiger partial charge is 0.267 e. The maximum absolute atomic E-state index is 12.0. The molecule has 4 rings (SSSR count). The van der Waals surface area contributed by atoms with Gasteiger partial charge in [-0.25, -0.2) is 9.20 Å². The standard InChI is InChI=1S/C18H18N4O/c1-12(2)22-16(23)10-9-14(19-22)17-15-8-3-4-11-21(15)20-18(17)13-6-5-7-13/h3-4,6,8-12H,5,7H2,1-2H3. The Balaban J connectivity index is 2.01. The van der Waals surface area contributed by atoms with Gasteiger partial charge in [0, 0.05) is 12.3 Å². The molecule has 23 heavy (non-hydrogen) atoms. The van der Waals surface area contributed by atoms with Gasteiger partial charge in [0.15, 0.2) is 0 Å². The zero-order chi connectivity index (χ0) is 16.0. The predicted molar refractivity (Wildman–Crippen MR) is 90.3 cm³/mol. The average molecular weight is 306 g/mol. The molecule has 0 fully saturated rings. The first kappa shape index (κ1) is 13.9. The van der Waals surface area contributed by atoms with Gasteiger partial charge in [-0.2, -0.15) is 10.2 Å². The molecule has 0 radical (unpaired) electrons. The number of pyridine rings is 1. The lowest BCUT2D eigenvalue weighted by atomic mass is 9.92. The van der Waals surface area contributed by atoms with E-state index in [1.165, 1.54) is 10.3 Å². The number of rotatable bonds is 3. The molecule has 0 unspecified atom stereocenters. The third-order valence-corrected chi connectivity index (χ3v) is 4.22. The first-order valence-electron chi connectivity index (χ1n) is 7.92. The summed E-state index contributed by atoms with van der Waals surface area (Å²) in [7, 11) is 0. The molecule has 0 spiro atoms. The van der Waals surface area contributed by atoms with Crippen molar-refractivity contribution in [1.82, 2.24) is 19.4 Å². The highest BCUT2D eigenvalue weighted by Gasteiger charge is 2.22. The minimum absolute atomic E-state index is 0.0238. The van der Waals surface area contributed by atoms with E-state index in [1.54, 1.807) is 12.1 Å². The summed E-state index contributed by atoms with van der Waals surface area (Å²) < 4.78 is 3.41. The number of aromatic nitrogens is 4. The first-order chi connectivity index (χ1) is 11.1. The lowest BCUT2D eigenvalue weighted by molar-refractivity contribution is 0.505. The number of fused-ring (bicyclic) bond motifs is 1. The van der Waals surface area contributed by atoms with E-state index in [0.717, 1.165) is 35.3 Å². The summed E-state index contributed by atoms with van der Waals surface area (Å²) in [6.07, 6.45) is 6.30. The molecule has 0 N–H and O–H groups in total. The Hall–Kier alpha value is -2.69. The number of hydrogen-bond donors (Lipinski definition) is 0. The quantitative estimate of drug-likeness (QED) is 0.746. The molecule has 3 heterocycles. The fourth-order valence-electron chi connectivity index (χ4n) is 2.91. The van der Waals surface area contributed by atoms with Crippen molar-refractivity contribution < 1.29 is 0 Å². The summed E-state index contributed by atoms with van der Waals surface area (Å²) in [4.78, 5) is 12.0. The molecular formula is C18H18N4O. The Morgan fingerprint density at radius 1 is 1.13 bits per heavy atom. The van der Waals surface area contributed by atoms with E-state index >= 15 is 0 Å². The van der Waals surface area contributed by atoms with Crippen molar-refractivity contribution in [1.29, 1.82) is 0 Å². The van der Waals surface area contributed by atoms with Crippen LogP contribution in [0.1, 0.15) is 38.4 Å². The monoisotopic (exact) mass is 306 g/mol. The normalized spacial score (nSPS) is 14.1. The number of hydrogen-bond acceptors (Lipinski definition) is 3. The van der Waals surface area contributed by atoms with E-state index in [2.05, 4.69) is 11.2 Å². The third kappa shape index (κ3) is 2.20. The highest BCUT2D eigenvalue weighted by molar-refractivity contribution is 5.89. The fraction of sp³-hybridized carbons (Fsp3) is 0.278. The van der Waals surface area contributed by atoms with Gasteiger partial charge in [0.25, 0.3) is 5.56 Å². The van der Waals surface area contributed by atoms with Crippen LogP contribution < -0.4 is 5.56 Å². The summed E-state index contributed by atoms with van der Waals surface area (Å²) in [6.45, 7) is 3.92. The fourth-order valence-corrected chi connectivity index (χ4v) is 2.91. The summed E-state index contributed by atoms with van der Waals surface area (Å²) in [5, 5.41) is 9.32. The lowest BCUT2D eigenvalue weighted by Crippen LogP contribution is -2.24. The Labute approximate surface area is 133 Å². The van der Waals surface area contributed by atoms with Gasteiger partial charge in [-0.1, -0.05) is 12.1 Å². The Morgan fingerprint density at radius 3 is 2.65 bits per heavy atom. The van der Waals surface area contributed by atoms with Crippen molar-refractivity contribution in [2.75, 3.05) is 0 Å². The molecule has 0 aromatic carbocycles. The molecule has 0 bridgehead atoms. The second kappa shape index (κ2) is 5.19. The molecule has 0 saturated carbocycles. The number of allylic oxidation sites excluding steroid dienone is 2. The first-order valence-corrected chi connectivity index (χ1v) is 7.92. The maximum atomic E-state index is 12.0.